The Labute approximate surface area is 64.5 Å². The van der Waals surface area contributed by atoms with Gasteiger partial charge in [0.15, 0.2) is 0 Å². The minimum atomic E-state index is -0.00519. The molecular weight excluding hydrogens is 140 g/mol. The van der Waals surface area contributed by atoms with Gasteiger partial charge in [-0.1, -0.05) is 0 Å². The second kappa shape index (κ2) is 2.51. The van der Waals surface area contributed by atoms with Crippen molar-refractivity contribution in [3.05, 3.63) is 34.2 Å². The van der Waals surface area contributed by atoms with Crippen LogP contribution < -0.4 is 10.9 Å². The number of nitrogens with one attached hydrogen (secondary N) is 2. The lowest BCUT2D eigenvalue weighted by molar-refractivity contribution is 0.448. The highest BCUT2D eigenvalue weighted by atomic mass is 16.1. The predicted octanol–water partition coefficient (Wildman–Crippen LogP) is 0.0617. The normalized spacial score (nSPS) is 17.8. The van der Waals surface area contributed by atoms with E-state index in [-0.39, 0.29) is 5.56 Å². The molecule has 58 valence electrons. The molecule has 0 radical (unpaired) electrons. The van der Waals surface area contributed by atoms with Gasteiger partial charge in [0.2, 0.25) is 5.56 Å². The number of aromatic amines is 1. The molecule has 0 bridgehead atoms. The molecule has 2 N–H and O–H groups in total. The highest BCUT2D eigenvalue weighted by Crippen LogP contribution is 2.16. The molecule has 1 aliphatic rings. The van der Waals surface area contributed by atoms with Crippen molar-refractivity contribution in [3.8, 4) is 0 Å². The van der Waals surface area contributed by atoms with Gasteiger partial charge in [-0.2, -0.15) is 0 Å². The topological polar surface area (TPSA) is 44.9 Å². The smallest absolute Gasteiger partial charge is 0.248 e. The summed E-state index contributed by atoms with van der Waals surface area (Å²) >= 11 is 0. The highest BCUT2D eigenvalue weighted by Gasteiger charge is 2.18. The zero-order valence-corrected chi connectivity index (χ0v) is 6.13. The van der Waals surface area contributed by atoms with E-state index in [0.29, 0.717) is 5.92 Å². The average molecular weight is 150 g/mol. The summed E-state index contributed by atoms with van der Waals surface area (Å²) in [6.07, 6.45) is 1.70. The Kier molecular flexibility index (Phi) is 1.51. The van der Waals surface area contributed by atoms with Gasteiger partial charge in [0, 0.05) is 31.3 Å². The van der Waals surface area contributed by atoms with Crippen LogP contribution in [0.5, 0.6) is 0 Å². The summed E-state index contributed by atoms with van der Waals surface area (Å²) in [6, 6.07) is 3.64. The third-order valence-electron chi connectivity index (χ3n) is 2.05. The summed E-state index contributed by atoms with van der Waals surface area (Å²) in [5, 5.41) is 3.17. The minimum absolute atomic E-state index is 0.00519. The van der Waals surface area contributed by atoms with E-state index in [1.54, 1.807) is 12.3 Å². The van der Waals surface area contributed by atoms with Crippen molar-refractivity contribution in [2.45, 2.75) is 5.92 Å². The standard InChI is InChI=1S/C8H10N2O/c11-8-3-6(1-2-10-8)7-4-9-5-7/h1-3,7,9H,4-5H2,(H,10,11). The summed E-state index contributed by atoms with van der Waals surface area (Å²) in [5.74, 6) is 0.553. The summed E-state index contributed by atoms with van der Waals surface area (Å²) in [4.78, 5) is 13.5. The van der Waals surface area contributed by atoms with E-state index >= 15 is 0 Å². The molecule has 1 aromatic heterocycles. The van der Waals surface area contributed by atoms with E-state index in [1.807, 2.05) is 6.07 Å². The van der Waals surface area contributed by atoms with Gasteiger partial charge in [0.05, 0.1) is 0 Å². The van der Waals surface area contributed by atoms with Gasteiger partial charge in [0.25, 0.3) is 0 Å². The number of hydrogen-bond acceptors (Lipinski definition) is 2. The van der Waals surface area contributed by atoms with E-state index in [2.05, 4.69) is 10.3 Å². The van der Waals surface area contributed by atoms with Crippen molar-refractivity contribution >= 4 is 0 Å². The van der Waals surface area contributed by atoms with Crippen LogP contribution in [0.4, 0.5) is 0 Å². The molecule has 1 aliphatic heterocycles. The lowest BCUT2D eigenvalue weighted by atomic mass is 9.95. The SMILES string of the molecule is O=c1cc(C2CNC2)cc[nH]1. The van der Waals surface area contributed by atoms with Gasteiger partial charge < -0.3 is 10.3 Å². The van der Waals surface area contributed by atoms with Crippen LogP contribution in [-0.2, 0) is 0 Å². The summed E-state index contributed by atoms with van der Waals surface area (Å²) in [5.41, 5.74) is 1.14. The zero-order chi connectivity index (χ0) is 7.68. The number of aromatic nitrogens is 1. The van der Waals surface area contributed by atoms with Gasteiger partial charge in [-0.15, -0.1) is 0 Å². The quantitative estimate of drug-likeness (QED) is 0.594. The molecule has 0 atom stereocenters. The first-order valence-electron chi connectivity index (χ1n) is 3.75. The van der Waals surface area contributed by atoms with Crippen LogP contribution in [-0.4, -0.2) is 18.1 Å². The van der Waals surface area contributed by atoms with Crippen molar-refractivity contribution in [1.82, 2.24) is 10.3 Å². The fourth-order valence-corrected chi connectivity index (χ4v) is 1.24. The Hall–Kier alpha value is -1.09. The Balaban J connectivity index is 2.30. The first-order valence-corrected chi connectivity index (χ1v) is 3.75. The maximum absolute atomic E-state index is 10.9. The number of pyridine rings is 1. The van der Waals surface area contributed by atoms with E-state index in [9.17, 15) is 4.79 Å². The van der Waals surface area contributed by atoms with Gasteiger partial charge >= 0.3 is 0 Å². The fourth-order valence-electron chi connectivity index (χ4n) is 1.24. The lowest BCUT2D eigenvalue weighted by Crippen LogP contribution is -2.40. The first kappa shape index (κ1) is 6.61. The van der Waals surface area contributed by atoms with Crippen molar-refractivity contribution in [1.29, 1.82) is 0 Å². The molecule has 2 rings (SSSR count). The molecule has 1 saturated heterocycles. The molecule has 1 fully saturated rings. The van der Waals surface area contributed by atoms with Crippen molar-refractivity contribution < 1.29 is 0 Å². The maximum Gasteiger partial charge on any atom is 0.248 e. The molecule has 0 amide bonds. The fraction of sp³-hybridized carbons (Fsp3) is 0.375. The highest BCUT2D eigenvalue weighted by molar-refractivity contribution is 5.19. The van der Waals surface area contributed by atoms with Gasteiger partial charge in [-0.25, -0.2) is 0 Å². The van der Waals surface area contributed by atoms with Crippen LogP contribution in [0.1, 0.15) is 11.5 Å². The number of hydrogen-bond donors (Lipinski definition) is 2. The Bertz CT molecular complexity index is 301. The maximum atomic E-state index is 10.9. The molecule has 0 aliphatic carbocycles. The number of H-pyrrole nitrogens is 1. The predicted molar refractivity (Wildman–Crippen MR) is 42.7 cm³/mol. The zero-order valence-electron chi connectivity index (χ0n) is 6.13. The molecule has 0 unspecified atom stereocenters. The summed E-state index contributed by atoms with van der Waals surface area (Å²) < 4.78 is 0. The Morgan fingerprint density at radius 3 is 2.82 bits per heavy atom. The van der Waals surface area contributed by atoms with Crippen LogP contribution >= 0.6 is 0 Å². The largest absolute Gasteiger partial charge is 0.329 e. The Morgan fingerprint density at radius 2 is 2.27 bits per heavy atom. The van der Waals surface area contributed by atoms with Crippen molar-refractivity contribution in [2.75, 3.05) is 13.1 Å². The van der Waals surface area contributed by atoms with Gasteiger partial charge in [-0.05, 0) is 11.6 Å². The van der Waals surface area contributed by atoms with Crippen LogP contribution in [0.2, 0.25) is 0 Å². The Morgan fingerprint density at radius 1 is 1.45 bits per heavy atom. The third-order valence-corrected chi connectivity index (χ3v) is 2.05. The minimum Gasteiger partial charge on any atom is -0.329 e. The second-order valence-corrected chi connectivity index (χ2v) is 2.84. The van der Waals surface area contributed by atoms with Crippen LogP contribution in [0.15, 0.2) is 23.1 Å². The van der Waals surface area contributed by atoms with Crippen LogP contribution in [0, 0.1) is 0 Å². The van der Waals surface area contributed by atoms with E-state index in [4.69, 9.17) is 0 Å². The second-order valence-electron chi connectivity index (χ2n) is 2.84. The average Bonchev–Trinajstić information content (AvgIpc) is 1.83. The molecule has 2 heterocycles. The molecule has 3 nitrogen and oxygen atoms in total. The molecule has 3 heteroatoms. The van der Waals surface area contributed by atoms with E-state index in [0.717, 1.165) is 18.7 Å². The first-order chi connectivity index (χ1) is 5.36. The summed E-state index contributed by atoms with van der Waals surface area (Å²) in [6.45, 7) is 2.01. The van der Waals surface area contributed by atoms with Gasteiger partial charge in [0.1, 0.15) is 0 Å². The number of rotatable bonds is 1. The molecule has 11 heavy (non-hydrogen) atoms. The molecule has 1 aromatic rings. The van der Waals surface area contributed by atoms with Crippen LogP contribution in [0.3, 0.4) is 0 Å². The molecular formula is C8H10N2O. The van der Waals surface area contributed by atoms with Gasteiger partial charge in [-0.3, -0.25) is 4.79 Å². The van der Waals surface area contributed by atoms with Crippen molar-refractivity contribution in [3.63, 3.8) is 0 Å². The monoisotopic (exact) mass is 150 g/mol. The van der Waals surface area contributed by atoms with Crippen LogP contribution in [0.25, 0.3) is 0 Å². The molecule has 0 aromatic carbocycles. The molecule has 0 saturated carbocycles. The third kappa shape index (κ3) is 1.19. The van der Waals surface area contributed by atoms with E-state index in [1.165, 1.54) is 0 Å². The van der Waals surface area contributed by atoms with Crippen molar-refractivity contribution in [2.24, 2.45) is 0 Å². The lowest BCUT2D eigenvalue weighted by Gasteiger charge is -2.26. The van der Waals surface area contributed by atoms with E-state index < -0.39 is 0 Å². The molecule has 0 spiro atoms. The summed E-state index contributed by atoms with van der Waals surface area (Å²) in [7, 11) is 0.